The number of halogens is 1. The average molecular weight is 335 g/mol. The highest BCUT2D eigenvalue weighted by molar-refractivity contribution is 5.85. The number of para-hydroxylation sites is 1. The molecule has 1 aromatic heterocycles. The minimum Gasteiger partial charge on any atom is -0.447 e. The van der Waals surface area contributed by atoms with Crippen LogP contribution < -0.4 is 0 Å². The number of amides is 1. The van der Waals surface area contributed by atoms with Gasteiger partial charge in [-0.2, -0.15) is 0 Å². The first-order chi connectivity index (χ1) is 10.6. The maximum Gasteiger partial charge on any atom is 0.410 e. The molecule has 0 radical (unpaired) electrons. The Hall–Kier alpha value is -1.81. The molecule has 5 heteroatoms. The van der Waals surface area contributed by atoms with E-state index in [4.69, 9.17) is 9.72 Å². The molecule has 2 aromatic rings. The standard InChI is InChI=1S/C18H22N2O2.ClH/c1-12(2)22-18(21)20-10-8-15-13(3)14-6-4-5-7-16(14)19-17(15)9-11-20;/h4-7,12H,8-11H2,1-3H3;1H. The topological polar surface area (TPSA) is 42.4 Å². The summed E-state index contributed by atoms with van der Waals surface area (Å²) in [7, 11) is 0. The Labute approximate surface area is 143 Å². The van der Waals surface area contributed by atoms with Crippen molar-refractivity contribution in [1.29, 1.82) is 0 Å². The van der Waals surface area contributed by atoms with Gasteiger partial charge in [0, 0.05) is 30.6 Å². The molecule has 0 N–H and O–H groups in total. The molecule has 0 atom stereocenters. The molecule has 124 valence electrons. The van der Waals surface area contributed by atoms with Gasteiger partial charge in [-0.25, -0.2) is 4.79 Å². The zero-order valence-corrected chi connectivity index (χ0v) is 14.7. The van der Waals surface area contributed by atoms with E-state index in [0.717, 1.165) is 24.1 Å². The van der Waals surface area contributed by atoms with E-state index in [-0.39, 0.29) is 24.6 Å². The summed E-state index contributed by atoms with van der Waals surface area (Å²) in [4.78, 5) is 18.7. The van der Waals surface area contributed by atoms with Gasteiger partial charge >= 0.3 is 6.09 Å². The van der Waals surface area contributed by atoms with E-state index >= 15 is 0 Å². The minimum absolute atomic E-state index is 0. The largest absolute Gasteiger partial charge is 0.447 e. The Morgan fingerprint density at radius 2 is 1.91 bits per heavy atom. The molecule has 2 heterocycles. The van der Waals surface area contributed by atoms with Gasteiger partial charge in [0.15, 0.2) is 0 Å². The van der Waals surface area contributed by atoms with Gasteiger partial charge in [-0.3, -0.25) is 4.98 Å². The fraction of sp³-hybridized carbons (Fsp3) is 0.444. The van der Waals surface area contributed by atoms with E-state index in [9.17, 15) is 4.79 Å². The zero-order chi connectivity index (χ0) is 15.7. The van der Waals surface area contributed by atoms with E-state index in [2.05, 4.69) is 19.1 Å². The van der Waals surface area contributed by atoms with Crippen LogP contribution >= 0.6 is 12.4 Å². The van der Waals surface area contributed by atoms with Crippen LogP contribution in [-0.2, 0) is 17.6 Å². The summed E-state index contributed by atoms with van der Waals surface area (Å²) in [5.41, 5.74) is 4.74. The first-order valence-electron chi connectivity index (χ1n) is 7.89. The lowest BCUT2D eigenvalue weighted by atomic mass is 9.99. The molecule has 0 unspecified atom stereocenters. The Balaban J connectivity index is 0.00000192. The van der Waals surface area contributed by atoms with Crippen LogP contribution in [0.5, 0.6) is 0 Å². The van der Waals surface area contributed by atoms with Crippen LogP contribution in [0.25, 0.3) is 10.9 Å². The monoisotopic (exact) mass is 334 g/mol. The molecule has 0 aliphatic carbocycles. The predicted molar refractivity (Wildman–Crippen MR) is 94.3 cm³/mol. The number of carbonyl (C=O) groups is 1. The Kier molecular flexibility index (Phi) is 5.47. The van der Waals surface area contributed by atoms with Gasteiger partial charge < -0.3 is 9.64 Å². The summed E-state index contributed by atoms with van der Waals surface area (Å²) in [5.74, 6) is 0. The second-order valence-electron chi connectivity index (χ2n) is 6.10. The van der Waals surface area contributed by atoms with Crippen molar-refractivity contribution in [3.05, 3.63) is 41.1 Å². The molecular weight excluding hydrogens is 312 g/mol. The van der Waals surface area contributed by atoms with E-state index in [1.807, 2.05) is 26.0 Å². The van der Waals surface area contributed by atoms with Crippen molar-refractivity contribution in [1.82, 2.24) is 9.88 Å². The van der Waals surface area contributed by atoms with Crippen molar-refractivity contribution in [3.63, 3.8) is 0 Å². The van der Waals surface area contributed by atoms with Crippen LogP contribution in [0.15, 0.2) is 24.3 Å². The molecule has 23 heavy (non-hydrogen) atoms. The first kappa shape index (κ1) is 17.5. The SMILES string of the molecule is Cc1c2c(nc3ccccc13)CCN(C(=O)OC(C)C)CC2.Cl. The molecule has 3 rings (SSSR count). The van der Waals surface area contributed by atoms with Gasteiger partial charge in [0.05, 0.1) is 11.6 Å². The van der Waals surface area contributed by atoms with E-state index < -0.39 is 0 Å². The molecule has 1 aromatic carbocycles. The lowest BCUT2D eigenvalue weighted by molar-refractivity contribution is 0.0781. The molecule has 0 spiro atoms. The molecule has 0 bridgehead atoms. The molecule has 4 nitrogen and oxygen atoms in total. The number of nitrogens with zero attached hydrogens (tertiary/aromatic N) is 2. The van der Waals surface area contributed by atoms with Crippen LogP contribution in [0.1, 0.15) is 30.7 Å². The normalized spacial score (nSPS) is 14.2. The highest BCUT2D eigenvalue weighted by atomic mass is 35.5. The molecule has 1 aliphatic rings. The molecule has 0 fully saturated rings. The number of aromatic nitrogens is 1. The van der Waals surface area contributed by atoms with Crippen molar-refractivity contribution in [3.8, 4) is 0 Å². The third-order valence-electron chi connectivity index (χ3n) is 4.21. The van der Waals surface area contributed by atoms with Crippen LogP contribution in [-0.4, -0.2) is 35.2 Å². The van der Waals surface area contributed by atoms with Gasteiger partial charge in [-0.15, -0.1) is 12.4 Å². The number of fused-ring (bicyclic) bond motifs is 2. The number of aryl methyl sites for hydroxylation is 1. The van der Waals surface area contributed by atoms with Gasteiger partial charge in [0.2, 0.25) is 0 Å². The summed E-state index contributed by atoms with van der Waals surface area (Å²) in [5, 5.41) is 1.21. The molecular formula is C18H23ClN2O2. The summed E-state index contributed by atoms with van der Waals surface area (Å²) in [6.45, 7) is 7.28. The predicted octanol–water partition coefficient (Wildman–Crippen LogP) is 3.91. The van der Waals surface area contributed by atoms with E-state index in [0.29, 0.717) is 13.1 Å². The Morgan fingerprint density at radius 3 is 2.65 bits per heavy atom. The smallest absolute Gasteiger partial charge is 0.410 e. The summed E-state index contributed by atoms with van der Waals surface area (Å²) >= 11 is 0. The molecule has 0 saturated heterocycles. The quantitative estimate of drug-likeness (QED) is 0.794. The Morgan fingerprint density at radius 1 is 1.22 bits per heavy atom. The maximum absolute atomic E-state index is 12.1. The fourth-order valence-corrected chi connectivity index (χ4v) is 3.08. The van der Waals surface area contributed by atoms with Gasteiger partial charge in [0.1, 0.15) is 0 Å². The number of hydrogen-bond acceptors (Lipinski definition) is 3. The fourth-order valence-electron chi connectivity index (χ4n) is 3.08. The number of rotatable bonds is 1. The maximum atomic E-state index is 12.1. The van der Waals surface area contributed by atoms with Crippen molar-refractivity contribution in [2.75, 3.05) is 13.1 Å². The number of ether oxygens (including phenoxy) is 1. The Bertz CT molecular complexity index is 715. The minimum atomic E-state index is -0.218. The lowest BCUT2D eigenvalue weighted by Gasteiger charge is -2.21. The van der Waals surface area contributed by atoms with Crippen LogP contribution in [0.2, 0.25) is 0 Å². The number of pyridine rings is 1. The number of hydrogen-bond donors (Lipinski definition) is 0. The molecule has 1 amide bonds. The first-order valence-corrected chi connectivity index (χ1v) is 7.89. The summed E-state index contributed by atoms with van der Waals surface area (Å²) in [6.07, 6.45) is 1.33. The van der Waals surface area contributed by atoms with Crippen molar-refractivity contribution in [2.24, 2.45) is 0 Å². The zero-order valence-electron chi connectivity index (χ0n) is 13.8. The molecule has 0 saturated carbocycles. The van der Waals surface area contributed by atoms with Gasteiger partial charge in [0.25, 0.3) is 0 Å². The highest BCUT2D eigenvalue weighted by Crippen LogP contribution is 2.25. The van der Waals surface area contributed by atoms with Gasteiger partial charge in [-0.1, -0.05) is 18.2 Å². The number of carbonyl (C=O) groups excluding carboxylic acids is 1. The van der Waals surface area contributed by atoms with E-state index in [1.54, 1.807) is 4.90 Å². The average Bonchev–Trinajstić information content (AvgIpc) is 2.70. The lowest BCUT2D eigenvalue weighted by Crippen LogP contribution is -2.35. The van der Waals surface area contributed by atoms with Crippen molar-refractivity contribution < 1.29 is 9.53 Å². The second kappa shape index (κ2) is 7.18. The van der Waals surface area contributed by atoms with E-state index in [1.165, 1.54) is 16.5 Å². The van der Waals surface area contributed by atoms with Crippen LogP contribution in [0, 0.1) is 6.92 Å². The third-order valence-corrected chi connectivity index (χ3v) is 4.21. The van der Waals surface area contributed by atoms with Crippen LogP contribution in [0.3, 0.4) is 0 Å². The highest BCUT2D eigenvalue weighted by Gasteiger charge is 2.22. The van der Waals surface area contributed by atoms with Crippen molar-refractivity contribution in [2.45, 2.75) is 39.7 Å². The second-order valence-corrected chi connectivity index (χ2v) is 6.10. The summed E-state index contributed by atoms with van der Waals surface area (Å²) in [6, 6.07) is 8.24. The van der Waals surface area contributed by atoms with Crippen molar-refractivity contribution >= 4 is 29.4 Å². The number of benzene rings is 1. The summed E-state index contributed by atoms with van der Waals surface area (Å²) < 4.78 is 5.32. The van der Waals surface area contributed by atoms with Gasteiger partial charge in [-0.05, 0) is 44.4 Å². The molecule has 1 aliphatic heterocycles. The van der Waals surface area contributed by atoms with Crippen LogP contribution in [0.4, 0.5) is 4.79 Å². The third kappa shape index (κ3) is 3.58.